The summed E-state index contributed by atoms with van der Waals surface area (Å²) in [5.41, 5.74) is 0.537. The van der Waals surface area contributed by atoms with Crippen LogP contribution in [0.2, 0.25) is 0 Å². The minimum Gasteiger partial charge on any atom is -0.352 e. The van der Waals surface area contributed by atoms with Crippen LogP contribution in [0.25, 0.3) is 0 Å². The van der Waals surface area contributed by atoms with Crippen LogP contribution in [0, 0.1) is 17.8 Å². The maximum Gasteiger partial charge on any atom is 0.251 e. The van der Waals surface area contributed by atoms with Gasteiger partial charge >= 0.3 is 0 Å². The third kappa shape index (κ3) is 6.31. The SMILES string of the molecule is CC(C)C(=O)N1CCC([C@H](NC(=O)c2ccccc2)C(=O)N[C@H](C)C(C)C)CC1. The molecule has 6 heteroatoms. The Morgan fingerprint density at radius 3 is 2.03 bits per heavy atom. The summed E-state index contributed by atoms with van der Waals surface area (Å²) < 4.78 is 0. The van der Waals surface area contributed by atoms with Gasteiger partial charge in [0.25, 0.3) is 5.91 Å². The molecule has 0 aromatic heterocycles. The van der Waals surface area contributed by atoms with E-state index >= 15 is 0 Å². The molecule has 1 aliphatic rings. The van der Waals surface area contributed by atoms with Crippen LogP contribution < -0.4 is 10.6 Å². The van der Waals surface area contributed by atoms with Crippen LogP contribution >= 0.6 is 0 Å². The molecule has 0 radical (unpaired) electrons. The average Bonchev–Trinajstić information content (AvgIpc) is 2.71. The van der Waals surface area contributed by atoms with Crippen molar-refractivity contribution in [2.24, 2.45) is 17.8 Å². The van der Waals surface area contributed by atoms with Gasteiger partial charge in [-0.1, -0.05) is 45.9 Å². The number of likely N-dealkylation sites (tertiary alicyclic amines) is 1. The number of piperidine rings is 1. The molecule has 2 rings (SSSR count). The first kappa shape index (κ1) is 22.9. The van der Waals surface area contributed by atoms with E-state index in [9.17, 15) is 14.4 Å². The van der Waals surface area contributed by atoms with E-state index in [2.05, 4.69) is 24.5 Å². The average molecular weight is 402 g/mol. The molecule has 1 aromatic carbocycles. The fourth-order valence-corrected chi connectivity index (χ4v) is 3.51. The van der Waals surface area contributed by atoms with Crippen LogP contribution in [0.4, 0.5) is 0 Å². The first-order valence-corrected chi connectivity index (χ1v) is 10.7. The van der Waals surface area contributed by atoms with E-state index in [0.29, 0.717) is 37.4 Å². The molecule has 3 amide bonds. The zero-order valence-corrected chi connectivity index (χ0v) is 18.3. The lowest BCUT2D eigenvalue weighted by atomic mass is 9.87. The van der Waals surface area contributed by atoms with Gasteiger partial charge in [-0.25, -0.2) is 0 Å². The Balaban J connectivity index is 2.11. The molecule has 1 aromatic rings. The largest absolute Gasteiger partial charge is 0.352 e. The van der Waals surface area contributed by atoms with Crippen molar-refractivity contribution in [3.8, 4) is 0 Å². The molecule has 0 unspecified atom stereocenters. The second-order valence-electron chi connectivity index (χ2n) is 8.68. The Morgan fingerprint density at radius 2 is 1.52 bits per heavy atom. The second kappa shape index (κ2) is 10.4. The number of hydrogen-bond donors (Lipinski definition) is 2. The highest BCUT2D eigenvalue weighted by atomic mass is 16.2. The third-order valence-corrected chi connectivity index (χ3v) is 5.79. The van der Waals surface area contributed by atoms with Crippen molar-refractivity contribution in [3.63, 3.8) is 0 Å². The topological polar surface area (TPSA) is 78.5 Å². The minimum absolute atomic E-state index is 0.00163. The van der Waals surface area contributed by atoms with Crippen molar-refractivity contribution in [1.29, 1.82) is 0 Å². The molecule has 6 nitrogen and oxygen atoms in total. The Bertz CT molecular complexity index is 695. The van der Waals surface area contributed by atoms with E-state index in [1.807, 2.05) is 31.7 Å². The summed E-state index contributed by atoms with van der Waals surface area (Å²) in [6.07, 6.45) is 1.39. The number of hydrogen-bond acceptors (Lipinski definition) is 3. The smallest absolute Gasteiger partial charge is 0.251 e. The van der Waals surface area contributed by atoms with Crippen LogP contribution in [-0.4, -0.2) is 47.8 Å². The summed E-state index contributed by atoms with van der Waals surface area (Å²) >= 11 is 0. The van der Waals surface area contributed by atoms with Gasteiger partial charge in [0.05, 0.1) is 0 Å². The molecule has 0 aliphatic carbocycles. The molecule has 2 N–H and O–H groups in total. The molecule has 1 fully saturated rings. The number of nitrogens with zero attached hydrogens (tertiary/aromatic N) is 1. The zero-order chi connectivity index (χ0) is 21.6. The molecule has 0 bridgehead atoms. The summed E-state index contributed by atoms with van der Waals surface area (Å²) in [7, 11) is 0. The lowest BCUT2D eigenvalue weighted by molar-refractivity contribution is -0.136. The molecule has 1 saturated heterocycles. The number of carbonyl (C=O) groups is 3. The molecule has 160 valence electrons. The molecular formula is C23H35N3O3. The summed E-state index contributed by atoms with van der Waals surface area (Å²) in [6, 6.07) is 8.35. The highest BCUT2D eigenvalue weighted by Crippen LogP contribution is 2.23. The van der Waals surface area contributed by atoms with Crippen LogP contribution in [0.3, 0.4) is 0 Å². The summed E-state index contributed by atoms with van der Waals surface area (Å²) in [4.78, 5) is 39.9. The monoisotopic (exact) mass is 401 g/mol. The lowest BCUT2D eigenvalue weighted by Gasteiger charge is -2.37. The van der Waals surface area contributed by atoms with Crippen LogP contribution in [0.1, 0.15) is 57.8 Å². The maximum absolute atomic E-state index is 13.0. The first-order valence-electron chi connectivity index (χ1n) is 10.7. The zero-order valence-electron chi connectivity index (χ0n) is 18.3. The number of amides is 3. The highest BCUT2D eigenvalue weighted by molar-refractivity contribution is 5.97. The van der Waals surface area contributed by atoms with E-state index in [-0.39, 0.29) is 35.6 Å². The molecule has 0 saturated carbocycles. The van der Waals surface area contributed by atoms with Gasteiger partial charge in [-0.3, -0.25) is 14.4 Å². The summed E-state index contributed by atoms with van der Waals surface area (Å²) in [5, 5.41) is 6.01. The first-order chi connectivity index (χ1) is 13.7. The van der Waals surface area contributed by atoms with Gasteiger partial charge in [-0.05, 0) is 43.7 Å². The highest BCUT2D eigenvalue weighted by Gasteiger charge is 2.35. The van der Waals surface area contributed by atoms with Crippen molar-refractivity contribution < 1.29 is 14.4 Å². The van der Waals surface area contributed by atoms with Crippen molar-refractivity contribution in [2.75, 3.05) is 13.1 Å². The normalized spacial score (nSPS) is 17.1. The maximum atomic E-state index is 13.0. The third-order valence-electron chi connectivity index (χ3n) is 5.79. The Hall–Kier alpha value is -2.37. The van der Waals surface area contributed by atoms with Crippen molar-refractivity contribution in [1.82, 2.24) is 15.5 Å². The number of benzene rings is 1. The molecular weight excluding hydrogens is 366 g/mol. The van der Waals surface area contributed by atoms with Crippen molar-refractivity contribution in [3.05, 3.63) is 35.9 Å². The Labute approximate surface area is 174 Å². The predicted octanol–water partition coefficient (Wildman–Crippen LogP) is 2.84. The minimum atomic E-state index is -0.611. The van der Waals surface area contributed by atoms with Gasteiger partial charge in [0, 0.05) is 30.6 Å². The van der Waals surface area contributed by atoms with Gasteiger partial charge in [0.1, 0.15) is 6.04 Å². The van der Waals surface area contributed by atoms with E-state index in [1.165, 1.54) is 0 Å². The molecule has 1 aliphatic heterocycles. The molecule has 1 heterocycles. The number of nitrogens with one attached hydrogen (secondary N) is 2. The van der Waals surface area contributed by atoms with Crippen molar-refractivity contribution in [2.45, 2.75) is 59.5 Å². The Kier molecular flexibility index (Phi) is 8.23. The molecule has 2 atom stereocenters. The van der Waals surface area contributed by atoms with E-state index in [0.717, 1.165) is 0 Å². The number of carbonyl (C=O) groups excluding carboxylic acids is 3. The van der Waals surface area contributed by atoms with Crippen LogP contribution in [-0.2, 0) is 9.59 Å². The summed E-state index contributed by atoms with van der Waals surface area (Å²) in [6.45, 7) is 11.1. The van der Waals surface area contributed by atoms with Gasteiger partial charge in [0.2, 0.25) is 11.8 Å². The van der Waals surface area contributed by atoms with Crippen molar-refractivity contribution >= 4 is 17.7 Å². The quantitative estimate of drug-likeness (QED) is 0.737. The van der Waals surface area contributed by atoms with Gasteiger partial charge < -0.3 is 15.5 Å². The second-order valence-corrected chi connectivity index (χ2v) is 8.68. The van der Waals surface area contributed by atoms with Gasteiger partial charge in [-0.2, -0.15) is 0 Å². The van der Waals surface area contributed by atoms with Gasteiger partial charge in [0.15, 0.2) is 0 Å². The summed E-state index contributed by atoms with van der Waals surface area (Å²) in [5.74, 6) is 0.0162. The fourth-order valence-electron chi connectivity index (χ4n) is 3.51. The molecule has 29 heavy (non-hydrogen) atoms. The van der Waals surface area contributed by atoms with E-state index in [4.69, 9.17) is 0 Å². The van der Waals surface area contributed by atoms with E-state index < -0.39 is 6.04 Å². The van der Waals surface area contributed by atoms with Crippen LogP contribution in [0.5, 0.6) is 0 Å². The van der Waals surface area contributed by atoms with Crippen LogP contribution in [0.15, 0.2) is 30.3 Å². The molecule has 0 spiro atoms. The van der Waals surface area contributed by atoms with E-state index in [1.54, 1.807) is 24.3 Å². The fraction of sp³-hybridized carbons (Fsp3) is 0.609. The Morgan fingerprint density at radius 1 is 0.931 bits per heavy atom. The number of rotatable bonds is 7. The lowest BCUT2D eigenvalue weighted by Crippen LogP contribution is -2.55. The standard InChI is InChI=1S/C23H35N3O3/c1-15(2)17(5)24-22(28)20(25-21(27)19-9-7-6-8-10-19)18-11-13-26(14-12-18)23(29)16(3)4/h6-10,15-18,20H,11-14H2,1-5H3,(H,24,28)(H,25,27)/t17-,20+/m1/s1. The predicted molar refractivity (Wildman–Crippen MR) is 114 cm³/mol. The van der Waals surface area contributed by atoms with Gasteiger partial charge in [-0.15, -0.1) is 0 Å².